The van der Waals surface area contributed by atoms with Crippen LogP contribution in [0.3, 0.4) is 0 Å². The Morgan fingerprint density at radius 3 is 2.53 bits per heavy atom. The van der Waals surface area contributed by atoms with Gasteiger partial charge < -0.3 is 30.3 Å². The second kappa shape index (κ2) is 11.2. The number of aryl methyl sites for hydroxylation is 1. The smallest absolute Gasteiger partial charge is 0.415 e. The first-order valence-corrected chi connectivity index (χ1v) is 11.2. The fourth-order valence-electron chi connectivity index (χ4n) is 3.41. The van der Waals surface area contributed by atoms with Crippen LogP contribution in [0.2, 0.25) is 0 Å². The van der Waals surface area contributed by atoms with Crippen LogP contribution >= 0.6 is 0 Å². The van der Waals surface area contributed by atoms with E-state index < -0.39 is 23.8 Å². The van der Waals surface area contributed by atoms with E-state index >= 15 is 0 Å². The summed E-state index contributed by atoms with van der Waals surface area (Å²) < 4.78 is 48.2. The number of carbonyl (C=O) groups excluding carboxylic acids is 2. The normalized spacial score (nSPS) is 13.5. The summed E-state index contributed by atoms with van der Waals surface area (Å²) in [5.74, 6) is -3.88. The monoisotopic (exact) mass is 532 g/mol. The van der Waals surface area contributed by atoms with E-state index in [2.05, 4.69) is 47.2 Å². The minimum absolute atomic E-state index is 0.208. The highest BCUT2D eigenvalue weighted by Crippen LogP contribution is 2.30. The lowest BCUT2D eigenvalue weighted by Gasteiger charge is -2.30. The molecule has 200 valence electrons. The number of ether oxygens (including phenoxy) is 2. The molecular weight excluding hydrogens is 509 g/mol. The van der Waals surface area contributed by atoms with Crippen molar-refractivity contribution in [3.8, 4) is 0 Å². The average Bonchev–Trinajstić information content (AvgIpc) is 3.28. The van der Waals surface area contributed by atoms with Gasteiger partial charge in [-0.2, -0.15) is 23.3 Å². The maximum Gasteiger partial charge on any atom is 0.491 e. The summed E-state index contributed by atoms with van der Waals surface area (Å²) in [6.45, 7) is 5.42. The zero-order valence-corrected chi connectivity index (χ0v) is 20.1. The van der Waals surface area contributed by atoms with Gasteiger partial charge in [0.25, 0.3) is 5.91 Å². The molecule has 1 amide bonds. The van der Waals surface area contributed by atoms with Crippen LogP contribution in [0, 0.1) is 0 Å². The predicted octanol–water partition coefficient (Wildman–Crippen LogP) is 3.09. The molecule has 12 nitrogen and oxygen atoms in total. The van der Waals surface area contributed by atoms with Gasteiger partial charge in [-0.15, -0.1) is 0 Å². The molecular formula is C23H23F3N8O4. The van der Waals surface area contributed by atoms with Crippen molar-refractivity contribution in [2.24, 2.45) is 7.05 Å². The number of aromatic nitrogens is 4. The first kappa shape index (κ1) is 26.4. The zero-order chi connectivity index (χ0) is 27.3. The van der Waals surface area contributed by atoms with E-state index in [1.807, 2.05) is 0 Å². The molecule has 3 heterocycles. The van der Waals surface area contributed by atoms with Crippen LogP contribution in [0.1, 0.15) is 0 Å². The molecule has 4 rings (SSSR count). The summed E-state index contributed by atoms with van der Waals surface area (Å²) in [5, 5.41) is 12.7. The van der Waals surface area contributed by atoms with Gasteiger partial charge in [0.15, 0.2) is 11.6 Å². The SMILES string of the molecule is C=C(OC(=O)C(F)(F)F)C(=O)Nc1cccc(Nc2nc(Nc3cnn(C)c3)ncc2N2CCOCC2)c1. The molecule has 1 aliphatic rings. The number of amides is 1. The Balaban J connectivity index is 1.52. The Morgan fingerprint density at radius 1 is 1.11 bits per heavy atom. The number of hydrogen-bond donors (Lipinski definition) is 3. The van der Waals surface area contributed by atoms with Crippen molar-refractivity contribution in [1.82, 2.24) is 19.7 Å². The van der Waals surface area contributed by atoms with Crippen molar-refractivity contribution >= 4 is 46.4 Å². The Kier molecular flexibility index (Phi) is 7.76. The summed E-state index contributed by atoms with van der Waals surface area (Å²) in [6, 6.07) is 6.33. The largest absolute Gasteiger partial charge is 0.491 e. The van der Waals surface area contributed by atoms with E-state index in [0.717, 1.165) is 0 Å². The molecule has 3 N–H and O–H groups in total. The van der Waals surface area contributed by atoms with Crippen LogP contribution in [0.25, 0.3) is 0 Å². The molecule has 15 heteroatoms. The Bertz CT molecular complexity index is 1340. The van der Waals surface area contributed by atoms with Gasteiger partial charge in [-0.1, -0.05) is 12.6 Å². The topological polar surface area (TPSA) is 136 Å². The summed E-state index contributed by atoms with van der Waals surface area (Å²) in [4.78, 5) is 34.2. The van der Waals surface area contributed by atoms with Crippen molar-refractivity contribution < 1.29 is 32.2 Å². The lowest BCUT2D eigenvalue weighted by molar-refractivity contribution is -0.195. The molecule has 1 fully saturated rings. The van der Waals surface area contributed by atoms with Gasteiger partial charge in [-0.05, 0) is 18.2 Å². The number of nitrogens with zero attached hydrogens (tertiary/aromatic N) is 5. The maximum absolute atomic E-state index is 12.4. The van der Waals surface area contributed by atoms with Crippen molar-refractivity contribution in [2.75, 3.05) is 47.2 Å². The van der Waals surface area contributed by atoms with Gasteiger partial charge in [-0.25, -0.2) is 9.78 Å². The van der Waals surface area contributed by atoms with E-state index in [1.165, 1.54) is 12.1 Å². The molecule has 1 aromatic carbocycles. The van der Waals surface area contributed by atoms with Gasteiger partial charge in [0.2, 0.25) is 5.95 Å². The third-order valence-corrected chi connectivity index (χ3v) is 5.17. The minimum atomic E-state index is -5.26. The maximum atomic E-state index is 12.4. The number of nitrogens with one attached hydrogen (secondary N) is 3. The van der Waals surface area contributed by atoms with E-state index in [-0.39, 0.29) is 5.69 Å². The highest BCUT2D eigenvalue weighted by Gasteiger charge is 2.42. The highest BCUT2D eigenvalue weighted by molar-refractivity contribution is 6.03. The Morgan fingerprint density at radius 2 is 1.84 bits per heavy atom. The molecule has 0 atom stereocenters. The number of benzene rings is 1. The van der Waals surface area contributed by atoms with Crippen molar-refractivity contribution in [3.63, 3.8) is 0 Å². The minimum Gasteiger partial charge on any atom is -0.415 e. The fraction of sp³-hybridized carbons (Fsp3) is 0.261. The van der Waals surface area contributed by atoms with Gasteiger partial charge in [0, 0.05) is 37.7 Å². The third kappa shape index (κ3) is 6.76. The zero-order valence-electron chi connectivity index (χ0n) is 20.1. The van der Waals surface area contributed by atoms with Crippen LogP contribution in [-0.4, -0.2) is 64.1 Å². The molecule has 0 spiro atoms. The third-order valence-electron chi connectivity index (χ3n) is 5.17. The lowest BCUT2D eigenvalue weighted by Crippen LogP contribution is -2.36. The summed E-state index contributed by atoms with van der Waals surface area (Å²) in [7, 11) is 1.78. The molecule has 1 saturated heterocycles. The van der Waals surface area contributed by atoms with Crippen LogP contribution < -0.4 is 20.9 Å². The number of halogens is 3. The van der Waals surface area contributed by atoms with Crippen molar-refractivity contribution in [2.45, 2.75) is 6.18 Å². The van der Waals surface area contributed by atoms with Crippen molar-refractivity contribution in [3.05, 3.63) is 55.2 Å². The number of morpholine rings is 1. The van der Waals surface area contributed by atoms with Gasteiger partial charge in [0.05, 0.1) is 37.0 Å². The number of hydrogen-bond acceptors (Lipinski definition) is 10. The molecule has 2 aromatic heterocycles. The molecule has 0 saturated carbocycles. The van der Waals surface area contributed by atoms with E-state index in [4.69, 9.17) is 4.74 Å². The van der Waals surface area contributed by atoms with Gasteiger partial charge >= 0.3 is 12.1 Å². The second-order valence-corrected chi connectivity index (χ2v) is 8.02. The van der Waals surface area contributed by atoms with E-state index in [0.29, 0.717) is 55.1 Å². The summed E-state index contributed by atoms with van der Waals surface area (Å²) in [5.41, 5.74) is 2.11. The quantitative estimate of drug-likeness (QED) is 0.226. The molecule has 38 heavy (non-hydrogen) atoms. The number of anilines is 6. The molecule has 3 aromatic rings. The number of alkyl halides is 3. The highest BCUT2D eigenvalue weighted by atomic mass is 19.4. The number of esters is 1. The van der Waals surface area contributed by atoms with E-state index in [9.17, 15) is 22.8 Å². The lowest BCUT2D eigenvalue weighted by atomic mass is 10.2. The first-order chi connectivity index (χ1) is 18.1. The first-order valence-electron chi connectivity index (χ1n) is 11.2. The van der Waals surface area contributed by atoms with E-state index in [1.54, 1.807) is 42.5 Å². The van der Waals surface area contributed by atoms with Gasteiger partial charge in [0.1, 0.15) is 0 Å². The molecule has 0 unspecified atom stereocenters. The summed E-state index contributed by atoms with van der Waals surface area (Å²) in [6.07, 6.45) is -0.200. The van der Waals surface area contributed by atoms with Gasteiger partial charge in [-0.3, -0.25) is 9.48 Å². The average molecular weight is 532 g/mol. The number of rotatable bonds is 8. The van der Waals surface area contributed by atoms with Crippen molar-refractivity contribution in [1.29, 1.82) is 0 Å². The van der Waals surface area contributed by atoms with Crippen LogP contribution in [0.5, 0.6) is 0 Å². The summed E-state index contributed by atoms with van der Waals surface area (Å²) >= 11 is 0. The molecule has 0 radical (unpaired) electrons. The number of carbonyl (C=O) groups is 2. The second-order valence-electron chi connectivity index (χ2n) is 8.02. The van der Waals surface area contributed by atoms with Crippen LogP contribution in [-0.2, 0) is 26.1 Å². The fourth-order valence-corrected chi connectivity index (χ4v) is 3.41. The molecule has 1 aliphatic heterocycles. The Labute approximate surface area is 214 Å². The standard InChI is InChI=1S/C23H23F3N8O4/c1-14(38-21(36)23(24,25)26)20(35)30-16-5-3-4-15(10-16)29-19-18(34-6-8-37-9-7-34)12-27-22(32-19)31-17-11-28-33(2)13-17/h3-5,10-13H,1,6-9H2,2H3,(H,30,35)(H2,27,29,31,32). The predicted molar refractivity (Wildman–Crippen MR) is 131 cm³/mol. The van der Waals surface area contributed by atoms with Crippen LogP contribution in [0.15, 0.2) is 55.2 Å². The molecule has 0 bridgehead atoms. The Hall–Kier alpha value is -4.66. The van der Waals surface area contributed by atoms with Crippen LogP contribution in [0.4, 0.5) is 47.7 Å². The molecule has 0 aliphatic carbocycles.